The van der Waals surface area contributed by atoms with Gasteiger partial charge >= 0.3 is 0 Å². The van der Waals surface area contributed by atoms with E-state index in [1.54, 1.807) is 0 Å². The first kappa shape index (κ1) is 28.9. The summed E-state index contributed by atoms with van der Waals surface area (Å²) in [5, 5.41) is 23.7. The van der Waals surface area contributed by atoms with E-state index in [0.717, 1.165) is 89.2 Å². The van der Waals surface area contributed by atoms with Crippen molar-refractivity contribution in [2.24, 2.45) is 38.5 Å². The summed E-state index contributed by atoms with van der Waals surface area (Å²) in [6, 6.07) is 3.46. The lowest BCUT2D eigenvalue weighted by Crippen LogP contribution is -2.68. The van der Waals surface area contributed by atoms with Crippen LogP contribution in [0.5, 0.6) is 0 Å². The Balaban J connectivity index is 1.23. The first-order chi connectivity index (χ1) is 21.0. The van der Waals surface area contributed by atoms with Gasteiger partial charge in [0.2, 0.25) is 0 Å². The van der Waals surface area contributed by atoms with Crippen LogP contribution in [0.1, 0.15) is 82.0 Å². The average Bonchev–Trinajstić information content (AvgIpc) is 3.28. The summed E-state index contributed by atoms with van der Waals surface area (Å²) in [6.07, 6.45) is 13.6. The fourth-order valence-electron chi connectivity index (χ4n) is 11.6. The number of hydrogen-bond acceptors (Lipinski definition) is 6. The molecule has 1 saturated heterocycles. The molecule has 0 radical (unpaired) electrons. The van der Waals surface area contributed by atoms with Crippen molar-refractivity contribution in [2.75, 3.05) is 32.7 Å². The SMILES string of the molecule is CC12CCC(O)CC13C=CC1(C(C(=O)c4ccc(F)c(F)c4)=C3)C2CCC2(C)C1CCC2(O)CN1CCCN2CCCN=C21. The molecular weight excluding hydrogens is 560 g/mol. The van der Waals surface area contributed by atoms with Crippen LogP contribution in [-0.4, -0.2) is 76.2 Å². The summed E-state index contributed by atoms with van der Waals surface area (Å²) in [7, 11) is 0. The van der Waals surface area contributed by atoms with Gasteiger partial charge in [-0.2, -0.15) is 0 Å². The monoisotopic (exact) mass is 605 g/mol. The van der Waals surface area contributed by atoms with E-state index >= 15 is 0 Å². The number of halogens is 2. The number of rotatable bonds is 4. The summed E-state index contributed by atoms with van der Waals surface area (Å²) in [5.74, 6) is -1.08. The molecule has 2 bridgehead atoms. The number of β-amino-alcohol motifs (C(OH)–C–C–N with tert-alkyl or cyclic N) is 1. The van der Waals surface area contributed by atoms with Gasteiger partial charge in [0.15, 0.2) is 23.4 Å². The molecule has 2 spiro atoms. The minimum atomic E-state index is -1.02. The second-order valence-corrected chi connectivity index (χ2v) is 15.6. The Bertz CT molecular complexity index is 1510. The third kappa shape index (κ3) is 3.58. The van der Waals surface area contributed by atoms with Gasteiger partial charge in [-0.3, -0.25) is 9.79 Å². The molecule has 1 aromatic carbocycles. The van der Waals surface area contributed by atoms with Crippen molar-refractivity contribution < 1.29 is 23.8 Å². The third-order valence-corrected chi connectivity index (χ3v) is 13.9. The molecule has 3 saturated carbocycles. The first-order valence-electron chi connectivity index (χ1n) is 16.8. The van der Waals surface area contributed by atoms with Gasteiger partial charge in [-0.25, -0.2) is 8.78 Å². The number of guanidine groups is 1. The lowest BCUT2D eigenvalue weighted by molar-refractivity contribution is -0.174. The summed E-state index contributed by atoms with van der Waals surface area (Å²) in [4.78, 5) is 24.1. The molecule has 8 heteroatoms. The van der Waals surface area contributed by atoms with Crippen molar-refractivity contribution in [1.29, 1.82) is 0 Å². The average molecular weight is 606 g/mol. The zero-order chi connectivity index (χ0) is 30.7. The van der Waals surface area contributed by atoms with E-state index in [1.165, 1.54) is 6.07 Å². The van der Waals surface area contributed by atoms with Gasteiger partial charge in [0.1, 0.15) is 0 Å². The van der Waals surface area contributed by atoms with Crippen LogP contribution in [0.3, 0.4) is 0 Å². The number of allylic oxidation sites excluding steroid dienone is 4. The zero-order valence-electron chi connectivity index (χ0n) is 26.0. The van der Waals surface area contributed by atoms with Crippen molar-refractivity contribution >= 4 is 11.7 Å². The zero-order valence-corrected chi connectivity index (χ0v) is 26.0. The van der Waals surface area contributed by atoms with Crippen LogP contribution >= 0.6 is 0 Å². The molecule has 8 atom stereocenters. The van der Waals surface area contributed by atoms with Crippen molar-refractivity contribution in [3.8, 4) is 0 Å². The van der Waals surface area contributed by atoms with E-state index in [4.69, 9.17) is 4.99 Å². The highest BCUT2D eigenvalue weighted by Crippen LogP contribution is 2.78. The molecule has 4 fully saturated rings. The Morgan fingerprint density at radius 2 is 1.73 bits per heavy atom. The van der Waals surface area contributed by atoms with E-state index < -0.39 is 39.6 Å². The highest BCUT2D eigenvalue weighted by Gasteiger charge is 2.74. The number of aliphatic hydroxyl groups excluding tert-OH is 1. The number of nitrogens with zero attached hydrogens (tertiary/aromatic N) is 3. The van der Waals surface area contributed by atoms with Gasteiger partial charge < -0.3 is 20.0 Å². The molecule has 2 heterocycles. The molecule has 9 rings (SSSR count). The molecule has 236 valence electrons. The Labute approximate surface area is 258 Å². The Hall–Kier alpha value is -2.58. The highest BCUT2D eigenvalue weighted by molar-refractivity contribution is 6.10. The lowest BCUT2D eigenvalue weighted by atomic mass is 9.32. The van der Waals surface area contributed by atoms with E-state index in [0.29, 0.717) is 25.0 Å². The minimum Gasteiger partial charge on any atom is -0.393 e. The summed E-state index contributed by atoms with van der Waals surface area (Å²) >= 11 is 0. The Morgan fingerprint density at radius 3 is 2.55 bits per heavy atom. The molecular formula is C36H45F2N3O3. The van der Waals surface area contributed by atoms with Gasteiger partial charge in [-0.1, -0.05) is 32.1 Å². The van der Waals surface area contributed by atoms with Crippen molar-refractivity contribution in [2.45, 2.75) is 83.3 Å². The number of carbonyl (C=O) groups is 1. The molecule has 8 aliphatic rings. The van der Waals surface area contributed by atoms with Crippen LogP contribution < -0.4 is 0 Å². The summed E-state index contributed by atoms with van der Waals surface area (Å²) < 4.78 is 28.4. The quantitative estimate of drug-likeness (QED) is 0.350. The molecule has 6 nitrogen and oxygen atoms in total. The molecule has 2 N–H and O–H groups in total. The van der Waals surface area contributed by atoms with E-state index in [9.17, 15) is 23.8 Å². The molecule has 44 heavy (non-hydrogen) atoms. The van der Waals surface area contributed by atoms with Crippen LogP contribution in [0.15, 0.2) is 47.0 Å². The largest absolute Gasteiger partial charge is 0.393 e. The fraction of sp³-hybridized carbons (Fsp3) is 0.667. The van der Waals surface area contributed by atoms with E-state index in [-0.39, 0.29) is 28.6 Å². The highest BCUT2D eigenvalue weighted by atomic mass is 19.2. The predicted octanol–water partition coefficient (Wildman–Crippen LogP) is 5.51. The number of fused-ring (bicyclic) bond motifs is 2. The van der Waals surface area contributed by atoms with Crippen molar-refractivity contribution in [1.82, 2.24) is 9.80 Å². The van der Waals surface area contributed by atoms with Gasteiger partial charge in [-0.15, -0.1) is 0 Å². The predicted molar refractivity (Wildman–Crippen MR) is 164 cm³/mol. The minimum absolute atomic E-state index is 0.00617. The number of ketones is 1. The maximum atomic E-state index is 14.5. The van der Waals surface area contributed by atoms with Crippen LogP contribution in [0, 0.1) is 45.1 Å². The van der Waals surface area contributed by atoms with Gasteiger partial charge in [0.05, 0.1) is 18.2 Å². The van der Waals surface area contributed by atoms with E-state index in [2.05, 4.69) is 41.9 Å². The van der Waals surface area contributed by atoms with Gasteiger partial charge in [0, 0.05) is 53.6 Å². The van der Waals surface area contributed by atoms with Crippen molar-refractivity contribution in [3.05, 3.63) is 59.2 Å². The Morgan fingerprint density at radius 1 is 0.977 bits per heavy atom. The summed E-state index contributed by atoms with van der Waals surface area (Å²) in [6.45, 7) is 8.86. The molecule has 0 aromatic heterocycles. The lowest BCUT2D eigenvalue weighted by Gasteiger charge is -2.71. The normalized spacial score (nSPS) is 43.9. The number of hydrogen-bond donors (Lipinski definition) is 2. The first-order valence-corrected chi connectivity index (χ1v) is 16.8. The molecule has 1 aromatic rings. The fourth-order valence-corrected chi connectivity index (χ4v) is 11.6. The van der Waals surface area contributed by atoms with Crippen LogP contribution in [0.25, 0.3) is 0 Å². The molecule has 6 aliphatic carbocycles. The molecule has 8 unspecified atom stereocenters. The number of benzene rings is 1. The topological polar surface area (TPSA) is 76.4 Å². The molecule has 2 aliphatic heterocycles. The standard InChI is InChI=1S/C36H45F2N3O3/c1-32-10-7-24(42)20-34(32)13-14-36(25(21-34)30(43)23-5-6-26(37)27(38)19-23)28(32)8-11-33(2)29(36)9-12-35(33,44)22-41-18-4-17-40-16-3-15-39-31(40)41/h5-6,13-14,19,21,24,28-29,42,44H,3-4,7-12,15-18,20,22H2,1-2H3. The maximum absolute atomic E-state index is 14.5. The van der Waals surface area contributed by atoms with Crippen LogP contribution in [0.2, 0.25) is 0 Å². The maximum Gasteiger partial charge on any atom is 0.196 e. The number of aliphatic hydroxyl groups is 2. The number of Topliss-reactive ketones (excluding diaryl/α,β-unsaturated/α-hetero) is 1. The number of aliphatic imine (C=N–C) groups is 1. The Kier molecular flexibility index (Phi) is 6.22. The summed E-state index contributed by atoms with van der Waals surface area (Å²) in [5.41, 5.74) is -1.86. The van der Waals surface area contributed by atoms with E-state index in [1.807, 2.05) is 0 Å². The van der Waals surface area contributed by atoms with Crippen molar-refractivity contribution in [3.63, 3.8) is 0 Å². The van der Waals surface area contributed by atoms with Crippen LogP contribution in [-0.2, 0) is 0 Å². The smallest absolute Gasteiger partial charge is 0.196 e. The molecule has 0 amide bonds. The van der Waals surface area contributed by atoms with Gasteiger partial charge in [-0.05, 0) is 93.2 Å². The number of carbonyl (C=O) groups excluding carboxylic acids is 1. The second-order valence-electron chi connectivity index (χ2n) is 15.6. The van der Waals surface area contributed by atoms with Crippen LogP contribution in [0.4, 0.5) is 8.78 Å². The second kappa shape index (κ2) is 9.47. The third-order valence-electron chi connectivity index (χ3n) is 13.9. The van der Waals surface area contributed by atoms with Gasteiger partial charge in [0.25, 0.3) is 0 Å².